The highest BCUT2D eigenvalue weighted by molar-refractivity contribution is 5.97. The van der Waals surface area contributed by atoms with Crippen LogP contribution in [0.3, 0.4) is 0 Å². The zero-order valence-electron chi connectivity index (χ0n) is 17.0. The Morgan fingerprint density at radius 3 is 2.52 bits per heavy atom. The van der Waals surface area contributed by atoms with Gasteiger partial charge < -0.3 is 4.90 Å². The molecule has 1 aliphatic rings. The molecule has 1 fully saturated rings. The summed E-state index contributed by atoms with van der Waals surface area (Å²) in [6.07, 6.45) is 3.19. The number of imidazole rings is 1. The van der Waals surface area contributed by atoms with Crippen molar-refractivity contribution in [2.24, 2.45) is 14.1 Å². The van der Waals surface area contributed by atoms with Gasteiger partial charge in [-0.3, -0.25) is 23.3 Å². The number of aryl methyl sites for hydroxylation is 1. The van der Waals surface area contributed by atoms with Crippen LogP contribution in [0.1, 0.15) is 36.5 Å². The largest absolute Gasteiger partial charge is 0.339 e. The number of aromatic nitrogens is 4. The van der Waals surface area contributed by atoms with Crippen molar-refractivity contribution in [3.05, 3.63) is 56.7 Å². The number of Topliss-reactive ketones (excluding diaryl/α,β-unsaturated/α-hetero) is 1. The monoisotopic (exact) mass is 395 g/mol. The van der Waals surface area contributed by atoms with Crippen LogP contribution in [0.25, 0.3) is 11.2 Å². The molecule has 29 heavy (non-hydrogen) atoms. The van der Waals surface area contributed by atoms with Crippen molar-refractivity contribution in [1.29, 1.82) is 0 Å². The van der Waals surface area contributed by atoms with Crippen LogP contribution in [0.5, 0.6) is 0 Å². The Morgan fingerprint density at radius 1 is 1.10 bits per heavy atom. The second-order valence-corrected chi connectivity index (χ2v) is 7.70. The second kappa shape index (κ2) is 7.35. The summed E-state index contributed by atoms with van der Waals surface area (Å²) in [5, 5.41) is 0. The van der Waals surface area contributed by atoms with Gasteiger partial charge >= 0.3 is 5.69 Å². The minimum absolute atomic E-state index is 0.00743. The molecule has 0 unspecified atom stereocenters. The molecule has 1 aromatic carbocycles. The van der Waals surface area contributed by atoms with Crippen LogP contribution in [0, 0.1) is 0 Å². The van der Waals surface area contributed by atoms with Crippen molar-refractivity contribution >= 4 is 22.9 Å². The van der Waals surface area contributed by atoms with Crippen LogP contribution in [-0.4, -0.2) is 37.1 Å². The molecule has 152 valence electrons. The van der Waals surface area contributed by atoms with Gasteiger partial charge in [-0.25, -0.2) is 4.79 Å². The van der Waals surface area contributed by atoms with Gasteiger partial charge in [-0.1, -0.05) is 30.3 Å². The van der Waals surface area contributed by atoms with Gasteiger partial charge in [0.05, 0.1) is 6.54 Å². The molecule has 4 rings (SSSR count). The number of ketones is 1. The highest BCUT2D eigenvalue weighted by Crippen LogP contribution is 2.27. The van der Waals surface area contributed by atoms with Gasteiger partial charge in [0.25, 0.3) is 5.56 Å². The molecule has 8 heteroatoms. The van der Waals surface area contributed by atoms with Crippen molar-refractivity contribution in [3.8, 4) is 0 Å². The van der Waals surface area contributed by atoms with Gasteiger partial charge in [-0.05, 0) is 26.2 Å². The zero-order valence-corrected chi connectivity index (χ0v) is 17.0. The molecule has 0 spiro atoms. The Morgan fingerprint density at radius 2 is 1.83 bits per heavy atom. The van der Waals surface area contributed by atoms with E-state index in [2.05, 4.69) is 16.8 Å². The summed E-state index contributed by atoms with van der Waals surface area (Å²) in [7, 11) is 3.05. The molecule has 0 saturated carbocycles. The highest BCUT2D eigenvalue weighted by Gasteiger charge is 2.28. The van der Waals surface area contributed by atoms with Crippen LogP contribution >= 0.6 is 0 Å². The van der Waals surface area contributed by atoms with Gasteiger partial charge in [0.2, 0.25) is 5.95 Å². The second-order valence-electron chi connectivity index (χ2n) is 7.70. The van der Waals surface area contributed by atoms with Gasteiger partial charge in [0, 0.05) is 32.2 Å². The van der Waals surface area contributed by atoms with Crippen molar-refractivity contribution < 1.29 is 4.79 Å². The molecule has 1 aliphatic heterocycles. The van der Waals surface area contributed by atoms with E-state index < -0.39 is 11.2 Å². The van der Waals surface area contributed by atoms with E-state index in [0.29, 0.717) is 17.2 Å². The average Bonchev–Trinajstić information content (AvgIpc) is 3.10. The number of benzene rings is 1. The summed E-state index contributed by atoms with van der Waals surface area (Å²) in [6.45, 7) is 2.92. The summed E-state index contributed by atoms with van der Waals surface area (Å²) < 4.78 is 4.13. The number of anilines is 1. The first-order chi connectivity index (χ1) is 13.9. The number of hydrogen-bond acceptors (Lipinski definition) is 5. The van der Waals surface area contributed by atoms with E-state index in [4.69, 9.17) is 0 Å². The summed E-state index contributed by atoms with van der Waals surface area (Å²) in [5.41, 5.74) is 0.305. The number of carbonyl (C=O) groups excluding carboxylic acids is 1. The van der Waals surface area contributed by atoms with E-state index in [1.807, 2.05) is 18.2 Å². The smallest absolute Gasteiger partial charge is 0.332 e. The number of carbonyl (C=O) groups is 1. The summed E-state index contributed by atoms with van der Waals surface area (Å²) >= 11 is 0. The Labute approximate surface area is 168 Å². The minimum atomic E-state index is -0.438. The fourth-order valence-electron chi connectivity index (χ4n) is 4.06. The lowest BCUT2D eigenvalue weighted by molar-refractivity contribution is 0.0973. The zero-order chi connectivity index (χ0) is 20.7. The third-order valence-corrected chi connectivity index (χ3v) is 5.79. The molecular formula is C21H25N5O3. The van der Waals surface area contributed by atoms with Crippen LogP contribution in [-0.2, 0) is 20.6 Å². The predicted molar refractivity (Wildman–Crippen MR) is 112 cm³/mol. The maximum Gasteiger partial charge on any atom is 0.332 e. The first-order valence-corrected chi connectivity index (χ1v) is 9.91. The van der Waals surface area contributed by atoms with E-state index in [-0.39, 0.29) is 23.9 Å². The van der Waals surface area contributed by atoms with E-state index in [0.717, 1.165) is 30.4 Å². The summed E-state index contributed by atoms with van der Waals surface area (Å²) in [4.78, 5) is 45.2. The van der Waals surface area contributed by atoms with Gasteiger partial charge in [-0.15, -0.1) is 0 Å². The molecule has 1 atom stereocenters. The number of fused-ring (bicyclic) bond motifs is 1. The van der Waals surface area contributed by atoms with E-state index in [1.54, 1.807) is 23.7 Å². The normalized spacial score (nSPS) is 17.1. The van der Waals surface area contributed by atoms with Crippen LogP contribution in [0.4, 0.5) is 5.95 Å². The molecule has 8 nitrogen and oxygen atoms in total. The summed E-state index contributed by atoms with van der Waals surface area (Å²) in [5.74, 6) is 0.474. The van der Waals surface area contributed by atoms with Crippen molar-refractivity contribution in [2.75, 3.05) is 11.4 Å². The maximum atomic E-state index is 13.0. The fraction of sp³-hybridized carbons (Fsp3) is 0.429. The lowest BCUT2D eigenvalue weighted by atomic mass is 10.0. The average molecular weight is 395 g/mol. The van der Waals surface area contributed by atoms with E-state index in [9.17, 15) is 14.4 Å². The van der Waals surface area contributed by atoms with Crippen LogP contribution < -0.4 is 16.1 Å². The fourth-order valence-corrected chi connectivity index (χ4v) is 4.06. The molecule has 0 aliphatic carbocycles. The number of nitrogens with zero attached hydrogens (tertiary/aromatic N) is 5. The maximum absolute atomic E-state index is 13.0. The van der Waals surface area contributed by atoms with Crippen molar-refractivity contribution in [3.63, 3.8) is 0 Å². The highest BCUT2D eigenvalue weighted by atomic mass is 16.2. The van der Waals surface area contributed by atoms with Gasteiger partial charge in [0.15, 0.2) is 16.9 Å². The lowest BCUT2D eigenvalue weighted by Crippen LogP contribution is -2.40. The molecule has 0 radical (unpaired) electrons. The molecule has 3 heterocycles. The molecule has 0 N–H and O–H groups in total. The van der Waals surface area contributed by atoms with Gasteiger partial charge in [0.1, 0.15) is 0 Å². The van der Waals surface area contributed by atoms with Crippen LogP contribution in [0.2, 0.25) is 0 Å². The Hall–Kier alpha value is -3.16. The predicted octanol–water partition coefficient (Wildman–Crippen LogP) is 1.70. The molecule has 2 aromatic heterocycles. The van der Waals surface area contributed by atoms with Gasteiger partial charge in [-0.2, -0.15) is 4.98 Å². The SMILES string of the molecule is C[C@H]1CCCCN1c1nc2c(c(=O)n(C)c(=O)n2C)n1CC(=O)c1ccccc1. The molecule has 0 amide bonds. The Balaban J connectivity index is 1.94. The quantitative estimate of drug-likeness (QED) is 0.628. The number of rotatable bonds is 4. The first-order valence-electron chi connectivity index (χ1n) is 9.91. The minimum Gasteiger partial charge on any atom is -0.339 e. The molecule has 3 aromatic rings. The topological polar surface area (TPSA) is 82.1 Å². The first kappa shape index (κ1) is 19.2. The third kappa shape index (κ3) is 3.18. The number of piperidine rings is 1. The lowest BCUT2D eigenvalue weighted by Gasteiger charge is -2.34. The van der Waals surface area contributed by atoms with Crippen molar-refractivity contribution in [1.82, 2.24) is 18.7 Å². The molecule has 1 saturated heterocycles. The Kier molecular flexibility index (Phi) is 4.86. The standard InChI is InChI=1S/C21H25N5O3/c1-14-9-7-8-12-25(14)20-22-18-17(19(28)24(3)21(29)23(18)2)26(20)13-16(27)15-10-5-4-6-11-15/h4-6,10-11,14H,7-9,12-13H2,1-3H3/t14-/m0/s1. The summed E-state index contributed by atoms with van der Waals surface area (Å²) in [6, 6.07) is 9.25. The Bertz CT molecular complexity index is 1190. The van der Waals surface area contributed by atoms with Crippen LogP contribution in [0.15, 0.2) is 39.9 Å². The van der Waals surface area contributed by atoms with Crippen molar-refractivity contribution in [2.45, 2.75) is 38.8 Å². The molecular weight excluding hydrogens is 370 g/mol. The molecule has 0 bridgehead atoms. The van der Waals surface area contributed by atoms with E-state index in [1.165, 1.54) is 11.6 Å². The number of hydrogen-bond donors (Lipinski definition) is 0. The third-order valence-electron chi connectivity index (χ3n) is 5.79. The van der Waals surface area contributed by atoms with E-state index >= 15 is 0 Å².